The van der Waals surface area contributed by atoms with Crippen LogP contribution < -0.4 is 4.74 Å². The SMILES string of the molecule is O=C(N=Nc1c(O)n(CCOc2ccc(Cl)cc2)c2ccccc12)c1ccccc1. The maximum atomic E-state index is 12.2. The Morgan fingerprint density at radius 2 is 1.67 bits per heavy atom. The standard InChI is InChI=1S/C23H18ClN3O3/c24-17-10-12-18(13-11-17)30-15-14-27-20-9-5-4-8-19(20)21(23(27)29)25-26-22(28)16-6-2-1-3-7-16/h1-13,29H,14-15H2. The number of ether oxygens (including phenoxy) is 1. The zero-order valence-corrected chi connectivity index (χ0v) is 16.7. The molecule has 0 aliphatic heterocycles. The Morgan fingerprint density at radius 3 is 2.43 bits per heavy atom. The number of carbonyl (C=O) groups excluding carboxylic acids is 1. The van der Waals surface area contributed by atoms with Gasteiger partial charge in [0.05, 0.1) is 12.1 Å². The molecule has 0 spiro atoms. The Morgan fingerprint density at radius 1 is 0.967 bits per heavy atom. The van der Waals surface area contributed by atoms with Crippen LogP contribution in [0.4, 0.5) is 5.69 Å². The van der Waals surface area contributed by atoms with E-state index in [9.17, 15) is 9.90 Å². The number of nitrogens with zero attached hydrogens (tertiary/aromatic N) is 3. The summed E-state index contributed by atoms with van der Waals surface area (Å²) in [6.45, 7) is 0.713. The highest BCUT2D eigenvalue weighted by Crippen LogP contribution is 2.38. The molecule has 0 atom stereocenters. The number of benzene rings is 3. The van der Waals surface area contributed by atoms with Crippen LogP contribution in [0, 0.1) is 0 Å². The van der Waals surface area contributed by atoms with Crippen LogP contribution in [0.5, 0.6) is 11.6 Å². The Labute approximate surface area is 178 Å². The number of hydrogen-bond acceptors (Lipinski definition) is 4. The van der Waals surface area contributed by atoms with Gasteiger partial charge < -0.3 is 14.4 Å². The van der Waals surface area contributed by atoms with E-state index in [-0.39, 0.29) is 11.6 Å². The first kappa shape index (κ1) is 19.7. The van der Waals surface area contributed by atoms with Crippen LogP contribution in [-0.4, -0.2) is 22.2 Å². The van der Waals surface area contributed by atoms with Crippen LogP contribution in [0.1, 0.15) is 10.4 Å². The summed E-state index contributed by atoms with van der Waals surface area (Å²) in [5, 5.41) is 19.9. The van der Waals surface area contributed by atoms with Crippen molar-refractivity contribution in [2.45, 2.75) is 6.54 Å². The summed E-state index contributed by atoms with van der Waals surface area (Å²) in [6, 6.07) is 23.1. The second-order valence-electron chi connectivity index (χ2n) is 6.51. The highest BCUT2D eigenvalue weighted by Gasteiger charge is 2.17. The molecule has 0 saturated carbocycles. The molecule has 1 amide bonds. The fraction of sp³-hybridized carbons (Fsp3) is 0.0870. The topological polar surface area (TPSA) is 76.2 Å². The van der Waals surface area contributed by atoms with Crippen LogP contribution in [0.25, 0.3) is 10.9 Å². The number of aromatic nitrogens is 1. The highest BCUT2D eigenvalue weighted by atomic mass is 35.5. The fourth-order valence-electron chi connectivity index (χ4n) is 3.12. The molecule has 0 saturated heterocycles. The third-order valence-corrected chi connectivity index (χ3v) is 4.83. The van der Waals surface area contributed by atoms with Crippen molar-refractivity contribution in [2.75, 3.05) is 6.61 Å². The molecule has 3 aromatic carbocycles. The second-order valence-corrected chi connectivity index (χ2v) is 6.95. The Kier molecular flexibility index (Phi) is 5.77. The molecule has 1 heterocycles. The van der Waals surface area contributed by atoms with Crippen molar-refractivity contribution in [3.05, 3.63) is 89.4 Å². The van der Waals surface area contributed by atoms with Crippen molar-refractivity contribution in [1.82, 2.24) is 4.57 Å². The van der Waals surface area contributed by atoms with Gasteiger partial charge in [-0.05, 0) is 42.5 Å². The molecule has 0 bridgehead atoms. The van der Waals surface area contributed by atoms with Crippen molar-refractivity contribution in [1.29, 1.82) is 0 Å². The summed E-state index contributed by atoms with van der Waals surface area (Å²) in [4.78, 5) is 12.2. The molecule has 0 aliphatic rings. The van der Waals surface area contributed by atoms with E-state index in [0.29, 0.717) is 34.9 Å². The third-order valence-electron chi connectivity index (χ3n) is 4.58. The van der Waals surface area contributed by atoms with Gasteiger partial charge in [-0.2, -0.15) is 0 Å². The summed E-state index contributed by atoms with van der Waals surface area (Å²) < 4.78 is 7.42. The van der Waals surface area contributed by atoms with Crippen molar-refractivity contribution >= 4 is 34.1 Å². The first-order chi connectivity index (χ1) is 14.6. The summed E-state index contributed by atoms with van der Waals surface area (Å²) in [5.74, 6) is 0.141. The first-order valence-corrected chi connectivity index (χ1v) is 9.71. The largest absolute Gasteiger partial charge is 0.493 e. The molecule has 0 fully saturated rings. The van der Waals surface area contributed by atoms with Crippen LogP contribution in [0.3, 0.4) is 0 Å². The van der Waals surface area contributed by atoms with E-state index in [1.165, 1.54) is 0 Å². The van der Waals surface area contributed by atoms with E-state index in [2.05, 4.69) is 10.2 Å². The third kappa shape index (κ3) is 4.18. The number of rotatable bonds is 6. The molecule has 4 rings (SSSR count). The lowest BCUT2D eigenvalue weighted by Gasteiger charge is -2.09. The number of aromatic hydroxyl groups is 1. The lowest BCUT2D eigenvalue weighted by atomic mass is 10.2. The van der Waals surface area contributed by atoms with Gasteiger partial charge in [-0.1, -0.05) is 48.0 Å². The average Bonchev–Trinajstić information content (AvgIpc) is 3.05. The van der Waals surface area contributed by atoms with Gasteiger partial charge in [0.15, 0.2) is 5.69 Å². The van der Waals surface area contributed by atoms with Crippen molar-refractivity contribution in [3.63, 3.8) is 0 Å². The zero-order chi connectivity index (χ0) is 20.9. The molecule has 0 radical (unpaired) electrons. The van der Waals surface area contributed by atoms with E-state index in [1.807, 2.05) is 30.3 Å². The van der Waals surface area contributed by atoms with Gasteiger partial charge in [-0.25, -0.2) is 0 Å². The number of halogens is 1. The van der Waals surface area contributed by atoms with Gasteiger partial charge in [0.1, 0.15) is 12.4 Å². The number of para-hydroxylation sites is 1. The Balaban J connectivity index is 1.57. The van der Waals surface area contributed by atoms with E-state index >= 15 is 0 Å². The number of hydrogen-bond donors (Lipinski definition) is 1. The number of fused-ring (bicyclic) bond motifs is 1. The molecule has 0 unspecified atom stereocenters. The molecule has 1 N–H and O–H groups in total. The quantitative estimate of drug-likeness (QED) is 0.389. The van der Waals surface area contributed by atoms with Crippen molar-refractivity contribution in [2.24, 2.45) is 10.2 Å². The predicted molar refractivity (Wildman–Crippen MR) is 116 cm³/mol. The lowest BCUT2D eigenvalue weighted by Crippen LogP contribution is -2.07. The Bertz CT molecular complexity index is 1200. The minimum Gasteiger partial charge on any atom is -0.493 e. The molecular weight excluding hydrogens is 402 g/mol. The number of amides is 1. The van der Waals surface area contributed by atoms with Crippen LogP contribution in [0.15, 0.2) is 89.1 Å². The molecule has 7 heteroatoms. The van der Waals surface area contributed by atoms with Gasteiger partial charge in [0.2, 0.25) is 5.88 Å². The van der Waals surface area contributed by atoms with E-state index in [4.69, 9.17) is 16.3 Å². The van der Waals surface area contributed by atoms with E-state index in [0.717, 1.165) is 5.52 Å². The van der Waals surface area contributed by atoms with Gasteiger partial charge >= 0.3 is 0 Å². The molecule has 30 heavy (non-hydrogen) atoms. The van der Waals surface area contributed by atoms with Crippen molar-refractivity contribution in [3.8, 4) is 11.6 Å². The molecule has 6 nitrogen and oxygen atoms in total. The minimum absolute atomic E-state index is 0.0690. The normalized spacial score (nSPS) is 11.2. The summed E-state index contributed by atoms with van der Waals surface area (Å²) >= 11 is 5.89. The lowest BCUT2D eigenvalue weighted by molar-refractivity contribution is 0.0995. The van der Waals surface area contributed by atoms with Gasteiger partial charge in [-0.3, -0.25) is 4.79 Å². The van der Waals surface area contributed by atoms with Gasteiger partial charge in [-0.15, -0.1) is 10.2 Å². The van der Waals surface area contributed by atoms with Gasteiger partial charge in [0, 0.05) is 16.0 Å². The maximum Gasteiger partial charge on any atom is 0.295 e. The number of carbonyl (C=O) groups is 1. The molecule has 1 aromatic heterocycles. The monoisotopic (exact) mass is 419 g/mol. The summed E-state index contributed by atoms with van der Waals surface area (Å²) in [6.07, 6.45) is 0. The van der Waals surface area contributed by atoms with Crippen molar-refractivity contribution < 1.29 is 14.6 Å². The smallest absolute Gasteiger partial charge is 0.295 e. The van der Waals surface area contributed by atoms with Gasteiger partial charge in [0.25, 0.3) is 5.91 Å². The fourth-order valence-corrected chi connectivity index (χ4v) is 3.24. The molecule has 0 aliphatic carbocycles. The predicted octanol–water partition coefficient (Wildman–Crippen LogP) is 6.00. The average molecular weight is 420 g/mol. The maximum absolute atomic E-state index is 12.2. The van der Waals surface area contributed by atoms with Crippen LogP contribution in [0.2, 0.25) is 5.02 Å². The first-order valence-electron chi connectivity index (χ1n) is 9.33. The van der Waals surface area contributed by atoms with Crippen LogP contribution >= 0.6 is 11.6 Å². The zero-order valence-electron chi connectivity index (χ0n) is 15.9. The second kappa shape index (κ2) is 8.80. The Hall–Kier alpha value is -3.64. The van der Waals surface area contributed by atoms with Crippen LogP contribution in [-0.2, 0) is 6.54 Å². The molecule has 4 aromatic rings. The van der Waals surface area contributed by atoms with E-state index < -0.39 is 5.91 Å². The summed E-state index contributed by atoms with van der Waals surface area (Å²) in [7, 11) is 0. The summed E-state index contributed by atoms with van der Waals surface area (Å²) in [5.41, 5.74) is 1.46. The van der Waals surface area contributed by atoms with E-state index in [1.54, 1.807) is 53.1 Å². The highest BCUT2D eigenvalue weighted by molar-refractivity contribution is 6.30. The number of azo groups is 1. The molecule has 150 valence electrons. The minimum atomic E-state index is -0.474. The molecular formula is C23H18ClN3O3.